The Kier molecular flexibility index (Phi) is 6.23. The average molecular weight is 413 g/mol. The highest BCUT2D eigenvalue weighted by molar-refractivity contribution is 9.10. The van der Waals surface area contributed by atoms with Gasteiger partial charge in [-0.3, -0.25) is 4.79 Å². The van der Waals surface area contributed by atoms with E-state index in [9.17, 15) is 9.59 Å². The first-order chi connectivity index (χ1) is 11.4. The topological polar surface area (TPSA) is 64.6 Å². The summed E-state index contributed by atoms with van der Waals surface area (Å²) in [6.07, 6.45) is -1.00. The van der Waals surface area contributed by atoms with Gasteiger partial charge in [0.1, 0.15) is 5.75 Å². The molecule has 2 aromatic rings. The van der Waals surface area contributed by atoms with Crippen molar-refractivity contribution in [3.05, 3.63) is 57.5 Å². The number of amides is 1. The van der Waals surface area contributed by atoms with Gasteiger partial charge in [-0.1, -0.05) is 39.7 Å². The predicted octanol–water partition coefficient (Wildman–Crippen LogP) is 4.30. The smallest absolute Gasteiger partial charge is 0.340 e. The number of para-hydroxylation sites is 2. The molecule has 0 bridgehead atoms. The molecule has 0 aromatic heterocycles. The van der Waals surface area contributed by atoms with Gasteiger partial charge in [-0.15, -0.1) is 0 Å². The van der Waals surface area contributed by atoms with Crippen LogP contribution in [0.15, 0.2) is 46.9 Å². The van der Waals surface area contributed by atoms with E-state index in [1.807, 2.05) is 0 Å². The number of hydrogen-bond donors (Lipinski definition) is 1. The first kappa shape index (κ1) is 18.3. The minimum atomic E-state index is -1.00. The highest BCUT2D eigenvalue weighted by Crippen LogP contribution is 2.24. The van der Waals surface area contributed by atoms with E-state index in [0.717, 1.165) is 0 Å². The fourth-order valence-corrected chi connectivity index (χ4v) is 2.47. The summed E-state index contributed by atoms with van der Waals surface area (Å²) in [4.78, 5) is 24.4. The zero-order valence-corrected chi connectivity index (χ0v) is 15.3. The summed E-state index contributed by atoms with van der Waals surface area (Å²) in [6.45, 7) is 1.48. The molecule has 0 saturated carbocycles. The van der Waals surface area contributed by atoms with Gasteiger partial charge in [0.15, 0.2) is 6.10 Å². The maximum absolute atomic E-state index is 12.2. The summed E-state index contributed by atoms with van der Waals surface area (Å²) < 4.78 is 11.0. The highest BCUT2D eigenvalue weighted by atomic mass is 79.9. The SMILES string of the molecule is COc1ccccc1NC(=O)[C@H](C)OC(=O)c1cc(Br)ccc1Cl. The molecule has 1 amide bonds. The maximum Gasteiger partial charge on any atom is 0.340 e. The maximum atomic E-state index is 12.2. The van der Waals surface area contributed by atoms with Gasteiger partial charge < -0.3 is 14.8 Å². The van der Waals surface area contributed by atoms with Crippen molar-refractivity contribution in [3.8, 4) is 5.75 Å². The monoisotopic (exact) mass is 411 g/mol. The molecule has 1 N–H and O–H groups in total. The molecule has 0 spiro atoms. The Morgan fingerprint density at radius 2 is 1.92 bits per heavy atom. The number of halogens is 2. The second-order valence-corrected chi connectivity index (χ2v) is 6.18. The zero-order valence-electron chi connectivity index (χ0n) is 13.0. The fraction of sp³-hybridized carbons (Fsp3) is 0.176. The first-order valence-electron chi connectivity index (χ1n) is 7.02. The van der Waals surface area contributed by atoms with Crippen LogP contribution in [0.25, 0.3) is 0 Å². The van der Waals surface area contributed by atoms with E-state index in [1.54, 1.807) is 36.4 Å². The Morgan fingerprint density at radius 1 is 1.21 bits per heavy atom. The van der Waals surface area contributed by atoms with Crippen LogP contribution in [-0.2, 0) is 9.53 Å². The van der Waals surface area contributed by atoms with Gasteiger partial charge in [-0.05, 0) is 37.3 Å². The van der Waals surface area contributed by atoms with E-state index in [-0.39, 0.29) is 10.6 Å². The van der Waals surface area contributed by atoms with Crippen molar-refractivity contribution in [3.63, 3.8) is 0 Å². The number of methoxy groups -OCH3 is 1. The Balaban J connectivity index is 2.06. The van der Waals surface area contributed by atoms with Gasteiger partial charge in [-0.2, -0.15) is 0 Å². The van der Waals surface area contributed by atoms with Crippen LogP contribution in [0.5, 0.6) is 5.75 Å². The molecular weight excluding hydrogens is 398 g/mol. The second kappa shape index (κ2) is 8.17. The number of ether oxygens (including phenoxy) is 2. The molecule has 0 fully saturated rings. The normalized spacial score (nSPS) is 11.5. The molecule has 0 heterocycles. The fourth-order valence-electron chi connectivity index (χ4n) is 1.91. The minimum Gasteiger partial charge on any atom is -0.495 e. The van der Waals surface area contributed by atoms with Gasteiger partial charge >= 0.3 is 5.97 Å². The van der Waals surface area contributed by atoms with Crippen molar-refractivity contribution in [2.24, 2.45) is 0 Å². The number of anilines is 1. The summed E-state index contributed by atoms with van der Waals surface area (Å²) in [5.41, 5.74) is 0.677. The third-order valence-corrected chi connectivity index (χ3v) is 3.99. The second-order valence-electron chi connectivity index (χ2n) is 4.86. The number of esters is 1. The van der Waals surface area contributed by atoms with E-state index in [2.05, 4.69) is 21.2 Å². The number of benzene rings is 2. The van der Waals surface area contributed by atoms with Crippen molar-refractivity contribution in [1.29, 1.82) is 0 Å². The molecular formula is C17H15BrClNO4. The lowest BCUT2D eigenvalue weighted by atomic mass is 10.2. The van der Waals surface area contributed by atoms with Crippen LogP contribution in [0.4, 0.5) is 5.69 Å². The van der Waals surface area contributed by atoms with Gasteiger partial charge in [0.05, 0.1) is 23.4 Å². The van der Waals surface area contributed by atoms with Gasteiger partial charge in [0.2, 0.25) is 0 Å². The van der Waals surface area contributed by atoms with Crippen LogP contribution in [0.1, 0.15) is 17.3 Å². The Bertz CT molecular complexity index is 766. The van der Waals surface area contributed by atoms with Crippen molar-refractivity contribution in [2.75, 3.05) is 12.4 Å². The van der Waals surface area contributed by atoms with E-state index < -0.39 is 18.0 Å². The first-order valence-corrected chi connectivity index (χ1v) is 8.19. The third-order valence-electron chi connectivity index (χ3n) is 3.17. The van der Waals surface area contributed by atoms with Crippen LogP contribution in [0.3, 0.4) is 0 Å². The lowest BCUT2D eigenvalue weighted by Crippen LogP contribution is -2.30. The molecule has 5 nitrogen and oxygen atoms in total. The molecule has 2 aromatic carbocycles. The Morgan fingerprint density at radius 3 is 2.62 bits per heavy atom. The summed E-state index contributed by atoms with van der Waals surface area (Å²) in [5.74, 6) is -0.637. The Labute approximate surface area is 153 Å². The van der Waals surface area contributed by atoms with Crippen LogP contribution in [0.2, 0.25) is 5.02 Å². The van der Waals surface area contributed by atoms with Crippen molar-refractivity contribution in [1.82, 2.24) is 0 Å². The van der Waals surface area contributed by atoms with Crippen LogP contribution >= 0.6 is 27.5 Å². The summed E-state index contributed by atoms with van der Waals surface area (Å²) in [6, 6.07) is 11.8. The number of carbonyl (C=O) groups excluding carboxylic acids is 2. The number of rotatable bonds is 5. The number of carbonyl (C=O) groups is 2. The van der Waals surface area contributed by atoms with Crippen LogP contribution in [-0.4, -0.2) is 25.1 Å². The largest absolute Gasteiger partial charge is 0.495 e. The highest BCUT2D eigenvalue weighted by Gasteiger charge is 2.21. The van der Waals surface area contributed by atoms with E-state index in [1.165, 1.54) is 20.1 Å². The van der Waals surface area contributed by atoms with Crippen molar-refractivity contribution >= 4 is 45.1 Å². The quantitative estimate of drug-likeness (QED) is 0.744. The van der Waals surface area contributed by atoms with Gasteiger partial charge in [0, 0.05) is 4.47 Å². The van der Waals surface area contributed by atoms with Crippen molar-refractivity contribution < 1.29 is 19.1 Å². The van der Waals surface area contributed by atoms with E-state index >= 15 is 0 Å². The molecule has 1 atom stereocenters. The summed E-state index contributed by atoms with van der Waals surface area (Å²) in [7, 11) is 1.50. The molecule has 0 radical (unpaired) electrons. The molecule has 0 aliphatic rings. The van der Waals surface area contributed by atoms with Crippen molar-refractivity contribution in [2.45, 2.75) is 13.0 Å². The zero-order chi connectivity index (χ0) is 17.7. The van der Waals surface area contributed by atoms with Gasteiger partial charge in [-0.25, -0.2) is 4.79 Å². The molecule has 126 valence electrons. The average Bonchev–Trinajstić information content (AvgIpc) is 2.57. The molecule has 24 heavy (non-hydrogen) atoms. The predicted molar refractivity (Wildman–Crippen MR) is 95.7 cm³/mol. The molecule has 2 rings (SSSR count). The van der Waals surface area contributed by atoms with Gasteiger partial charge in [0.25, 0.3) is 5.91 Å². The lowest BCUT2D eigenvalue weighted by Gasteiger charge is -2.15. The standard InChI is InChI=1S/C17H15BrClNO4/c1-10(16(21)20-14-5-3-4-6-15(14)23-2)24-17(22)12-9-11(18)7-8-13(12)19/h3-10H,1-2H3,(H,20,21)/t10-/m0/s1. The third kappa shape index (κ3) is 4.49. The lowest BCUT2D eigenvalue weighted by molar-refractivity contribution is -0.123. The number of nitrogens with one attached hydrogen (secondary N) is 1. The van der Waals surface area contributed by atoms with Crippen LogP contribution < -0.4 is 10.1 Å². The van der Waals surface area contributed by atoms with Crippen LogP contribution in [0, 0.1) is 0 Å². The Hall–Kier alpha value is -2.05. The van der Waals surface area contributed by atoms with E-state index in [0.29, 0.717) is 15.9 Å². The molecule has 0 aliphatic heterocycles. The van der Waals surface area contributed by atoms with E-state index in [4.69, 9.17) is 21.1 Å². The molecule has 0 saturated heterocycles. The summed E-state index contributed by atoms with van der Waals surface area (Å²) in [5, 5.41) is 2.91. The minimum absolute atomic E-state index is 0.183. The summed E-state index contributed by atoms with van der Waals surface area (Å²) >= 11 is 9.24. The molecule has 0 unspecified atom stereocenters. The molecule has 0 aliphatic carbocycles. The number of hydrogen-bond acceptors (Lipinski definition) is 4. The molecule has 7 heteroatoms.